The van der Waals surface area contributed by atoms with E-state index in [4.69, 9.17) is 5.73 Å². The topological polar surface area (TPSA) is 29.3 Å². The molecule has 2 nitrogen and oxygen atoms in total. The average molecular weight is 297 g/mol. The molecule has 1 aliphatic carbocycles. The van der Waals surface area contributed by atoms with E-state index >= 15 is 0 Å². The Morgan fingerprint density at radius 3 is 1.67 bits per heavy atom. The monoisotopic (exact) mass is 296 g/mol. The fourth-order valence-corrected chi connectivity index (χ4v) is 3.70. The highest BCUT2D eigenvalue weighted by Gasteiger charge is 2.32. The van der Waals surface area contributed by atoms with Crippen LogP contribution in [0.3, 0.4) is 0 Å². The molecule has 0 bridgehead atoms. The number of nitrogens with zero attached hydrogens (tertiary/aromatic N) is 1. The summed E-state index contributed by atoms with van der Waals surface area (Å²) in [5, 5.41) is 0. The van der Waals surface area contributed by atoms with E-state index in [1.165, 1.54) is 83.6 Å². The van der Waals surface area contributed by atoms with Gasteiger partial charge in [0.05, 0.1) is 0 Å². The van der Waals surface area contributed by atoms with Crippen LogP contribution in [0.4, 0.5) is 0 Å². The first-order valence-electron chi connectivity index (χ1n) is 9.52. The second-order valence-electron chi connectivity index (χ2n) is 7.71. The molecule has 0 amide bonds. The second kappa shape index (κ2) is 10.6. The lowest BCUT2D eigenvalue weighted by Crippen LogP contribution is -2.52. The van der Waals surface area contributed by atoms with Crippen molar-refractivity contribution >= 4 is 0 Å². The first-order chi connectivity index (χ1) is 10.1. The maximum Gasteiger partial charge on any atom is 0.0328 e. The minimum atomic E-state index is 0.272. The third kappa shape index (κ3) is 7.15. The standard InChI is InChI=1S/C19H40N2/c1-18(2)13-16-21(3)19(17-20)14-11-9-7-5-4-6-8-10-12-15-19/h18H,4-17,20H2,1-3H3. The second-order valence-corrected chi connectivity index (χ2v) is 7.71. The molecule has 1 fully saturated rings. The Hall–Kier alpha value is -0.0800. The van der Waals surface area contributed by atoms with E-state index in [1.807, 2.05) is 0 Å². The highest BCUT2D eigenvalue weighted by Crippen LogP contribution is 2.29. The minimum absolute atomic E-state index is 0.272. The van der Waals surface area contributed by atoms with Gasteiger partial charge >= 0.3 is 0 Å². The fraction of sp³-hybridized carbons (Fsp3) is 1.00. The Kier molecular flexibility index (Phi) is 9.59. The molecule has 0 aromatic rings. The van der Waals surface area contributed by atoms with Gasteiger partial charge in [0.25, 0.3) is 0 Å². The summed E-state index contributed by atoms with van der Waals surface area (Å²) < 4.78 is 0. The Labute approximate surface area is 133 Å². The quantitative estimate of drug-likeness (QED) is 0.776. The van der Waals surface area contributed by atoms with Crippen molar-refractivity contribution in [2.45, 2.75) is 96.4 Å². The highest BCUT2D eigenvalue weighted by molar-refractivity contribution is 4.90. The van der Waals surface area contributed by atoms with E-state index in [2.05, 4.69) is 25.8 Å². The lowest BCUT2D eigenvalue weighted by Gasteiger charge is -2.42. The smallest absolute Gasteiger partial charge is 0.0328 e. The third-order valence-electron chi connectivity index (χ3n) is 5.52. The van der Waals surface area contributed by atoms with Crippen LogP contribution in [0.5, 0.6) is 0 Å². The van der Waals surface area contributed by atoms with Gasteiger partial charge in [0.2, 0.25) is 0 Å². The number of likely N-dealkylation sites (N-methyl/N-ethyl adjacent to an activating group) is 1. The minimum Gasteiger partial charge on any atom is -0.329 e. The van der Waals surface area contributed by atoms with Gasteiger partial charge < -0.3 is 5.73 Å². The van der Waals surface area contributed by atoms with E-state index in [9.17, 15) is 0 Å². The Morgan fingerprint density at radius 2 is 1.29 bits per heavy atom. The molecule has 0 unspecified atom stereocenters. The van der Waals surface area contributed by atoms with Gasteiger partial charge in [-0.3, -0.25) is 4.90 Å². The summed E-state index contributed by atoms with van der Waals surface area (Å²) >= 11 is 0. The van der Waals surface area contributed by atoms with Gasteiger partial charge in [0.1, 0.15) is 0 Å². The Morgan fingerprint density at radius 1 is 0.857 bits per heavy atom. The van der Waals surface area contributed by atoms with Crippen molar-refractivity contribution < 1.29 is 0 Å². The van der Waals surface area contributed by atoms with Gasteiger partial charge in [-0.2, -0.15) is 0 Å². The Bertz CT molecular complexity index is 238. The summed E-state index contributed by atoms with van der Waals surface area (Å²) in [6.07, 6.45) is 16.6. The molecule has 1 aliphatic rings. The lowest BCUT2D eigenvalue weighted by atomic mass is 9.84. The fourth-order valence-electron chi connectivity index (χ4n) is 3.70. The largest absolute Gasteiger partial charge is 0.329 e. The molecule has 21 heavy (non-hydrogen) atoms. The first-order valence-corrected chi connectivity index (χ1v) is 9.52. The summed E-state index contributed by atoms with van der Waals surface area (Å²) in [7, 11) is 2.32. The van der Waals surface area contributed by atoms with Crippen molar-refractivity contribution in [3.63, 3.8) is 0 Å². The molecule has 0 heterocycles. The van der Waals surface area contributed by atoms with Crippen LogP contribution in [-0.4, -0.2) is 30.6 Å². The molecule has 0 aromatic heterocycles. The van der Waals surface area contributed by atoms with Crippen LogP contribution < -0.4 is 5.73 Å². The van der Waals surface area contributed by atoms with Crippen molar-refractivity contribution in [1.29, 1.82) is 0 Å². The molecule has 2 N–H and O–H groups in total. The van der Waals surface area contributed by atoms with Crippen LogP contribution in [0, 0.1) is 5.92 Å². The molecular weight excluding hydrogens is 256 g/mol. The SMILES string of the molecule is CC(C)CCN(C)C1(CN)CCCCCCCCCCC1. The van der Waals surface area contributed by atoms with Gasteiger partial charge in [-0.25, -0.2) is 0 Å². The maximum absolute atomic E-state index is 6.28. The average Bonchev–Trinajstić information content (AvgIpc) is 2.46. The Balaban J connectivity index is 2.61. The number of rotatable bonds is 5. The van der Waals surface area contributed by atoms with Crippen molar-refractivity contribution in [1.82, 2.24) is 4.90 Å². The molecule has 0 spiro atoms. The first kappa shape index (κ1) is 19.0. The van der Waals surface area contributed by atoms with Crippen molar-refractivity contribution in [3.05, 3.63) is 0 Å². The van der Waals surface area contributed by atoms with Crippen LogP contribution in [0.25, 0.3) is 0 Å². The van der Waals surface area contributed by atoms with Crippen LogP contribution in [-0.2, 0) is 0 Å². The zero-order valence-corrected chi connectivity index (χ0v) is 15.0. The number of nitrogens with two attached hydrogens (primary N) is 1. The highest BCUT2D eigenvalue weighted by atomic mass is 15.2. The van der Waals surface area contributed by atoms with Crippen LogP contribution in [0.1, 0.15) is 90.9 Å². The van der Waals surface area contributed by atoms with Crippen molar-refractivity contribution in [2.24, 2.45) is 11.7 Å². The normalized spacial score (nSPS) is 22.0. The number of hydrogen-bond acceptors (Lipinski definition) is 2. The molecular formula is C19H40N2. The van der Waals surface area contributed by atoms with Crippen LogP contribution >= 0.6 is 0 Å². The molecule has 126 valence electrons. The predicted octanol–water partition coefficient (Wildman–Crippen LogP) is 4.97. The van der Waals surface area contributed by atoms with Gasteiger partial charge in [0, 0.05) is 12.1 Å². The van der Waals surface area contributed by atoms with Crippen molar-refractivity contribution in [2.75, 3.05) is 20.1 Å². The number of hydrogen-bond donors (Lipinski definition) is 1. The molecule has 0 aromatic carbocycles. The van der Waals surface area contributed by atoms with Crippen molar-refractivity contribution in [3.8, 4) is 0 Å². The third-order valence-corrected chi connectivity index (χ3v) is 5.52. The van der Waals surface area contributed by atoms with Gasteiger partial charge in [-0.15, -0.1) is 0 Å². The summed E-state index contributed by atoms with van der Waals surface area (Å²) in [4.78, 5) is 2.61. The summed E-state index contributed by atoms with van der Waals surface area (Å²) in [6, 6.07) is 0. The maximum atomic E-state index is 6.28. The van der Waals surface area contributed by atoms with E-state index in [-0.39, 0.29) is 5.54 Å². The van der Waals surface area contributed by atoms with E-state index in [0.29, 0.717) is 0 Å². The van der Waals surface area contributed by atoms with Gasteiger partial charge in [0.15, 0.2) is 0 Å². The summed E-state index contributed by atoms with van der Waals surface area (Å²) in [6.45, 7) is 6.68. The van der Waals surface area contributed by atoms with Gasteiger partial charge in [-0.05, 0) is 38.8 Å². The molecule has 0 saturated heterocycles. The van der Waals surface area contributed by atoms with Gasteiger partial charge in [-0.1, -0.05) is 71.6 Å². The summed E-state index contributed by atoms with van der Waals surface area (Å²) in [5.41, 5.74) is 6.56. The molecule has 2 heteroatoms. The molecule has 0 atom stereocenters. The van der Waals surface area contributed by atoms with E-state index in [0.717, 1.165) is 12.5 Å². The predicted molar refractivity (Wildman–Crippen MR) is 94.7 cm³/mol. The van der Waals surface area contributed by atoms with E-state index < -0.39 is 0 Å². The lowest BCUT2D eigenvalue weighted by molar-refractivity contribution is 0.0929. The molecule has 0 radical (unpaired) electrons. The van der Waals surface area contributed by atoms with Crippen LogP contribution in [0.15, 0.2) is 0 Å². The molecule has 0 aliphatic heterocycles. The van der Waals surface area contributed by atoms with Crippen LogP contribution in [0.2, 0.25) is 0 Å². The molecule has 1 saturated carbocycles. The zero-order valence-electron chi connectivity index (χ0n) is 15.0. The zero-order chi connectivity index (χ0) is 15.6. The summed E-state index contributed by atoms with van der Waals surface area (Å²) in [5.74, 6) is 0.786. The molecule has 1 rings (SSSR count). The van der Waals surface area contributed by atoms with E-state index in [1.54, 1.807) is 0 Å².